The van der Waals surface area contributed by atoms with E-state index >= 15 is 0 Å². The SMILES string of the molecule is CCOc1ccc(C(=O)C2CCCCCC2)cc1. The Kier molecular flexibility index (Phi) is 4.80. The maximum Gasteiger partial charge on any atom is 0.165 e. The number of ketones is 1. The summed E-state index contributed by atoms with van der Waals surface area (Å²) in [5.74, 6) is 1.40. The number of benzene rings is 1. The second-order valence-electron chi connectivity index (χ2n) is 5.01. The third kappa shape index (κ3) is 3.34. The number of Topliss-reactive ketones (excluding diaryl/α,β-unsaturated/α-hetero) is 1. The molecule has 0 atom stereocenters. The van der Waals surface area contributed by atoms with Crippen molar-refractivity contribution in [1.82, 2.24) is 0 Å². The van der Waals surface area contributed by atoms with E-state index in [9.17, 15) is 4.79 Å². The van der Waals surface area contributed by atoms with E-state index in [4.69, 9.17) is 4.74 Å². The molecule has 0 radical (unpaired) electrons. The fourth-order valence-electron chi connectivity index (χ4n) is 2.66. The van der Waals surface area contributed by atoms with Crippen LogP contribution in [0.2, 0.25) is 0 Å². The Hall–Kier alpha value is -1.31. The molecule has 2 rings (SSSR count). The van der Waals surface area contributed by atoms with Crippen molar-refractivity contribution in [3.63, 3.8) is 0 Å². The van der Waals surface area contributed by atoms with Gasteiger partial charge in [0, 0.05) is 11.5 Å². The fraction of sp³-hybridized carbons (Fsp3) is 0.562. The van der Waals surface area contributed by atoms with E-state index in [2.05, 4.69) is 0 Å². The third-order valence-electron chi connectivity index (χ3n) is 3.68. The van der Waals surface area contributed by atoms with Crippen molar-refractivity contribution >= 4 is 5.78 Å². The smallest absolute Gasteiger partial charge is 0.165 e. The van der Waals surface area contributed by atoms with Crippen molar-refractivity contribution in [2.24, 2.45) is 5.92 Å². The van der Waals surface area contributed by atoms with Crippen LogP contribution in [0, 0.1) is 5.92 Å². The summed E-state index contributed by atoms with van der Waals surface area (Å²) >= 11 is 0. The van der Waals surface area contributed by atoms with Gasteiger partial charge in [0.05, 0.1) is 6.61 Å². The summed E-state index contributed by atoms with van der Waals surface area (Å²) in [6.45, 7) is 2.63. The van der Waals surface area contributed by atoms with Crippen molar-refractivity contribution in [2.45, 2.75) is 45.4 Å². The predicted octanol–water partition coefficient (Wildman–Crippen LogP) is 4.24. The average Bonchev–Trinajstić information content (AvgIpc) is 2.68. The van der Waals surface area contributed by atoms with Crippen molar-refractivity contribution in [3.05, 3.63) is 29.8 Å². The van der Waals surface area contributed by atoms with E-state index in [-0.39, 0.29) is 5.92 Å². The Labute approximate surface area is 109 Å². The van der Waals surface area contributed by atoms with Gasteiger partial charge in [-0.05, 0) is 44.0 Å². The first kappa shape index (κ1) is 13.1. The van der Waals surface area contributed by atoms with Crippen LogP contribution in [0.5, 0.6) is 5.75 Å². The van der Waals surface area contributed by atoms with Crippen molar-refractivity contribution < 1.29 is 9.53 Å². The van der Waals surface area contributed by atoms with E-state index < -0.39 is 0 Å². The number of hydrogen-bond donors (Lipinski definition) is 0. The van der Waals surface area contributed by atoms with Gasteiger partial charge in [0.1, 0.15) is 5.75 Å². The predicted molar refractivity (Wildman–Crippen MR) is 73.1 cm³/mol. The topological polar surface area (TPSA) is 26.3 Å². The summed E-state index contributed by atoms with van der Waals surface area (Å²) in [5, 5.41) is 0. The van der Waals surface area contributed by atoms with Crippen molar-refractivity contribution in [2.75, 3.05) is 6.61 Å². The number of ether oxygens (including phenoxy) is 1. The molecule has 0 aliphatic heterocycles. The fourth-order valence-corrected chi connectivity index (χ4v) is 2.66. The highest BCUT2D eigenvalue weighted by atomic mass is 16.5. The molecule has 1 aliphatic carbocycles. The number of hydrogen-bond acceptors (Lipinski definition) is 2. The summed E-state index contributed by atoms with van der Waals surface area (Å²) < 4.78 is 5.39. The normalized spacial score (nSPS) is 17.2. The van der Waals surface area contributed by atoms with E-state index in [1.54, 1.807) is 0 Å². The van der Waals surface area contributed by atoms with Crippen LogP contribution >= 0.6 is 0 Å². The van der Waals surface area contributed by atoms with Crippen molar-refractivity contribution in [3.8, 4) is 5.75 Å². The van der Waals surface area contributed by atoms with Gasteiger partial charge >= 0.3 is 0 Å². The highest BCUT2D eigenvalue weighted by Gasteiger charge is 2.21. The lowest BCUT2D eigenvalue weighted by molar-refractivity contribution is 0.0908. The molecule has 1 aromatic rings. The second kappa shape index (κ2) is 6.58. The summed E-state index contributed by atoms with van der Waals surface area (Å²) in [4.78, 5) is 12.4. The Morgan fingerprint density at radius 1 is 1.11 bits per heavy atom. The monoisotopic (exact) mass is 246 g/mol. The van der Waals surface area contributed by atoms with Gasteiger partial charge in [0.2, 0.25) is 0 Å². The molecule has 1 saturated carbocycles. The minimum Gasteiger partial charge on any atom is -0.494 e. The van der Waals surface area contributed by atoms with Gasteiger partial charge in [0.15, 0.2) is 5.78 Å². The molecule has 98 valence electrons. The zero-order valence-corrected chi connectivity index (χ0v) is 11.2. The van der Waals surface area contributed by atoms with Crippen LogP contribution in [0.3, 0.4) is 0 Å². The number of carbonyl (C=O) groups is 1. The lowest BCUT2D eigenvalue weighted by atomic mass is 9.91. The van der Waals surface area contributed by atoms with Crippen LogP contribution in [0.15, 0.2) is 24.3 Å². The molecule has 0 unspecified atom stereocenters. The molecule has 0 saturated heterocycles. The summed E-state index contributed by atoms with van der Waals surface area (Å²) in [7, 11) is 0. The third-order valence-corrected chi connectivity index (χ3v) is 3.68. The molecule has 2 nitrogen and oxygen atoms in total. The van der Waals surface area contributed by atoms with Gasteiger partial charge in [-0.2, -0.15) is 0 Å². The van der Waals surface area contributed by atoms with Crippen LogP contribution in [0.4, 0.5) is 0 Å². The zero-order chi connectivity index (χ0) is 12.8. The van der Waals surface area contributed by atoms with E-state index in [0.29, 0.717) is 12.4 Å². The maximum atomic E-state index is 12.4. The molecular weight excluding hydrogens is 224 g/mol. The maximum absolute atomic E-state index is 12.4. The first-order valence-corrected chi connectivity index (χ1v) is 7.08. The molecule has 1 aromatic carbocycles. The van der Waals surface area contributed by atoms with Crippen molar-refractivity contribution in [1.29, 1.82) is 0 Å². The molecule has 1 aliphatic rings. The first-order valence-electron chi connectivity index (χ1n) is 7.08. The lowest BCUT2D eigenvalue weighted by Crippen LogP contribution is -2.13. The van der Waals surface area contributed by atoms with Gasteiger partial charge in [-0.15, -0.1) is 0 Å². The molecule has 18 heavy (non-hydrogen) atoms. The minimum atomic E-state index is 0.241. The standard InChI is InChI=1S/C16H22O2/c1-2-18-15-11-9-14(10-12-15)16(17)13-7-5-3-4-6-8-13/h9-13H,2-8H2,1H3. The highest BCUT2D eigenvalue weighted by Crippen LogP contribution is 2.26. The van der Waals surface area contributed by atoms with E-state index in [1.807, 2.05) is 31.2 Å². The Balaban J connectivity index is 2.02. The Morgan fingerprint density at radius 2 is 1.72 bits per heavy atom. The minimum absolute atomic E-state index is 0.241. The van der Waals surface area contributed by atoms with Crippen LogP contribution in [-0.4, -0.2) is 12.4 Å². The van der Waals surface area contributed by atoms with Crippen LogP contribution in [-0.2, 0) is 0 Å². The first-order chi connectivity index (χ1) is 8.81. The van der Waals surface area contributed by atoms with Gasteiger partial charge in [-0.1, -0.05) is 25.7 Å². The molecule has 0 heterocycles. The molecule has 0 bridgehead atoms. The van der Waals surface area contributed by atoms with Gasteiger partial charge < -0.3 is 4.74 Å². The Bertz CT molecular complexity index is 373. The van der Waals surface area contributed by atoms with Crippen LogP contribution in [0.1, 0.15) is 55.8 Å². The summed E-state index contributed by atoms with van der Waals surface area (Å²) in [6, 6.07) is 7.59. The average molecular weight is 246 g/mol. The molecule has 2 heteroatoms. The largest absolute Gasteiger partial charge is 0.494 e. The van der Waals surface area contributed by atoms with Gasteiger partial charge in [0.25, 0.3) is 0 Å². The second-order valence-corrected chi connectivity index (χ2v) is 5.01. The van der Waals surface area contributed by atoms with Gasteiger partial charge in [-0.3, -0.25) is 4.79 Å². The van der Waals surface area contributed by atoms with Crippen LogP contribution in [0.25, 0.3) is 0 Å². The van der Waals surface area contributed by atoms with Gasteiger partial charge in [-0.25, -0.2) is 0 Å². The number of carbonyl (C=O) groups excluding carboxylic acids is 1. The quantitative estimate of drug-likeness (QED) is 0.586. The molecule has 0 amide bonds. The lowest BCUT2D eigenvalue weighted by Gasteiger charge is -2.13. The molecule has 0 spiro atoms. The van der Waals surface area contributed by atoms with Crippen LogP contribution < -0.4 is 4.74 Å². The Morgan fingerprint density at radius 3 is 2.28 bits per heavy atom. The number of rotatable bonds is 4. The molecule has 0 aromatic heterocycles. The summed E-state index contributed by atoms with van der Waals surface area (Å²) in [5.41, 5.74) is 0.838. The molecule has 1 fully saturated rings. The summed E-state index contributed by atoms with van der Waals surface area (Å²) in [6.07, 6.45) is 7.10. The van der Waals surface area contributed by atoms with E-state index in [1.165, 1.54) is 25.7 Å². The molecule has 0 N–H and O–H groups in total. The zero-order valence-electron chi connectivity index (χ0n) is 11.2. The van der Waals surface area contributed by atoms with E-state index in [0.717, 1.165) is 24.2 Å². The highest BCUT2D eigenvalue weighted by molar-refractivity contribution is 5.97. The molecular formula is C16H22O2.